The number of fused-ring (bicyclic) bond motifs is 6. The maximum Gasteiger partial charge on any atom is 0.326 e. The number of carbonyl (C=O) groups excluding carboxylic acids is 3. The zero-order valence-electron chi connectivity index (χ0n) is 24.8. The number of hydrogen-bond acceptors (Lipinski definition) is 5. The fourth-order valence-corrected chi connectivity index (χ4v) is 9.61. The van der Waals surface area contributed by atoms with Crippen LogP contribution in [0.1, 0.15) is 90.0 Å². The van der Waals surface area contributed by atoms with Crippen molar-refractivity contribution >= 4 is 34.5 Å². The lowest BCUT2D eigenvalue weighted by atomic mass is 9.45. The normalized spacial score (nSPS) is 34.6. The minimum Gasteiger partial charge on any atom is -0.480 e. The molecule has 4 aliphatic rings. The van der Waals surface area contributed by atoms with Crippen molar-refractivity contribution in [1.29, 1.82) is 0 Å². The summed E-state index contributed by atoms with van der Waals surface area (Å²) in [4.78, 5) is 52.9. The van der Waals surface area contributed by atoms with Gasteiger partial charge in [-0.25, -0.2) is 4.79 Å². The van der Waals surface area contributed by atoms with Crippen molar-refractivity contribution in [2.75, 3.05) is 0 Å². The van der Waals surface area contributed by atoms with Crippen LogP contribution in [0.15, 0.2) is 30.5 Å². The van der Waals surface area contributed by atoms with Gasteiger partial charge in [-0.2, -0.15) is 0 Å². The summed E-state index contributed by atoms with van der Waals surface area (Å²) in [5, 5.41) is 13.3. The minimum absolute atomic E-state index is 0.0551. The molecule has 3 N–H and O–H groups in total. The number of aromatic nitrogens is 1. The van der Waals surface area contributed by atoms with Crippen LogP contribution in [0.5, 0.6) is 0 Å². The van der Waals surface area contributed by atoms with Crippen LogP contribution in [-0.2, 0) is 30.3 Å². The molecule has 0 radical (unpaired) electrons. The lowest BCUT2D eigenvalue weighted by Gasteiger charge is -2.60. The van der Waals surface area contributed by atoms with Crippen LogP contribution in [0.25, 0.3) is 10.9 Å². The second kappa shape index (κ2) is 11.2. The Morgan fingerprint density at radius 2 is 1.81 bits per heavy atom. The van der Waals surface area contributed by atoms with Crippen molar-refractivity contribution < 1.29 is 29.0 Å². The van der Waals surface area contributed by atoms with Gasteiger partial charge in [0, 0.05) is 48.2 Å². The van der Waals surface area contributed by atoms with E-state index >= 15 is 0 Å². The number of carbonyl (C=O) groups is 4. The molecule has 6 rings (SSSR count). The van der Waals surface area contributed by atoms with E-state index in [2.05, 4.69) is 24.1 Å². The third-order valence-corrected chi connectivity index (χ3v) is 12.0. The Labute approximate surface area is 247 Å². The first kappa shape index (κ1) is 28.9. The molecule has 2 aromatic rings. The van der Waals surface area contributed by atoms with Crippen LogP contribution < -0.4 is 5.32 Å². The average molecular weight is 577 g/mol. The van der Waals surface area contributed by atoms with Gasteiger partial charge in [0.25, 0.3) is 0 Å². The Bertz CT molecular complexity index is 1380. The highest BCUT2D eigenvalue weighted by atomic mass is 16.5. The number of ether oxygens (including phenoxy) is 1. The van der Waals surface area contributed by atoms with Crippen molar-refractivity contribution in [3.63, 3.8) is 0 Å². The molecule has 0 saturated heterocycles. The molecule has 1 amide bonds. The minimum atomic E-state index is -1.11. The fourth-order valence-electron chi connectivity index (χ4n) is 9.61. The maximum absolute atomic E-state index is 12.9. The molecule has 0 unspecified atom stereocenters. The van der Waals surface area contributed by atoms with Crippen molar-refractivity contribution in [1.82, 2.24) is 10.3 Å². The van der Waals surface area contributed by atoms with Crippen molar-refractivity contribution in [3.05, 3.63) is 36.0 Å². The lowest BCUT2D eigenvalue weighted by molar-refractivity contribution is -0.164. The summed E-state index contributed by atoms with van der Waals surface area (Å²) >= 11 is 0. The Morgan fingerprint density at radius 3 is 2.62 bits per heavy atom. The molecule has 0 bridgehead atoms. The topological polar surface area (TPSA) is 126 Å². The van der Waals surface area contributed by atoms with Gasteiger partial charge in [0.1, 0.15) is 17.9 Å². The third-order valence-electron chi connectivity index (χ3n) is 12.0. The number of esters is 1. The van der Waals surface area contributed by atoms with Crippen LogP contribution >= 0.6 is 0 Å². The number of benzene rings is 1. The molecule has 42 heavy (non-hydrogen) atoms. The number of amides is 1. The van der Waals surface area contributed by atoms with E-state index in [1.54, 1.807) is 6.20 Å². The Balaban J connectivity index is 1.02. The maximum atomic E-state index is 12.9. The van der Waals surface area contributed by atoms with Crippen LogP contribution in [0.2, 0.25) is 0 Å². The van der Waals surface area contributed by atoms with Crippen LogP contribution in [0.3, 0.4) is 0 Å². The molecule has 1 aromatic carbocycles. The SMILES string of the molecule is C[C@]12CCC(=O)C[C@@H]1CC[C@@H]1[C@@H]2CC[C@]2(C)[C@@H](OC(=O)CCC(=O)N[C@H](Cc3c[nH]c4ccccc34)C(=O)O)CC[C@@H]12. The third kappa shape index (κ3) is 5.15. The quantitative estimate of drug-likeness (QED) is 0.352. The Kier molecular flexibility index (Phi) is 7.69. The highest BCUT2D eigenvalue weighted by molar-refractivity contribution is 5.88. The molecular weight excluding hydrogens is 532 g/mol. The summed E-state index contributed by atoms with van der Waals surface area (Å²) in [7, 11) is 0. The first-order valence-corrected chi connectivity index (χ1v) is 15.9. The van der Waals surface area contributed by atoms with E-state index in [4.69, 9.17) is 4.74 Å². The van der Waals surface area contributed by atoms with Gasteiger partial charge < -0.3 is 20.1 Å². The number of H-pyrrole nitrogens is 1. The summed E-state index contributed by atoms with van der Waals surface area (Å²) < 4.78 is 6.06. The highest BCUT2D eigenvalue weighted by Gasteiger charge is 2.61. The van der Waals surface area contributed by atoms with Gasteiger partial charge in [0.2, 0.25) is 5.91 Å². The van der Waals surface area contributed by atoms with E-state index in [0.29, 0.717) is 29.5 Å². The molecule has 1 heterocycles. The number of para-hydroxylation sites is 1. The van der Waals surface area contributed by atoms with Gasteiger partial charge in [-0.1, -0.05) is 32.0 Å². The smallest absolute Gasteiger partial charge is 0.326 e. The monoisotopic (exact) mass is 576 g/mol. The fraction of sp³-hybridized carbons (Fsp3) is 0.647. The molecule has 1 aromatic heterocycles. The van der Waals surface area contributed by atoms with E-state index < -0.39 is 17.9 Å². The average Bonchev–Trinajstić information content (AvgIpc) is 3.52. The highest BCUT2D eigenvalue weighted by Crippen LogP contribution is 2.66. The van der Waals surface area contributed by atoms with E-state index in [9.17, 15) is 24.3 Å². The van der Waals surface area contributed by atoms with Gasteiger partial charge in [0.15, 0.2) is 0 Å². The number of hydrogen-bond donors (Lipinski definition) is 3. The van der Waals surface area contributed by atoms with Gasteiger partial charge in [-0.05, 0) is 85.7 Å². The number of carboxylic acid groups (broad SMARTS) is 1. The second-order valence-electron chi connectivity index (χ2n) is 14.0. The van der Waals surface area contributed by atoms with Crippen LogP contribution in [0, 0.1) is 34.5 Å². The standard InChI is InChI=1S/C34H44N2O6/c1-33-15-13-22(37)18-21(33)7-8-24-25-9-10-29(34(25,2)16-14-26(24)33)42-31(39)12-11-30(38)36-28(32(40)41)17-20-19-35-27-6-4-3-5-23(20)27/h3-6,19,21,24-26,28-29,35H,7-18H2,1-2H3,(H,36,38)(H,40,41)/t21-,24-,25-,26-,28+,29-,33-,34-/m0/s1. The van der Waals surface area contributed by atoms with Gasteiger partial charge in [0.05, 0.1) is 6.42 Å². The first-order chi connectivity index (χ1) is 20.1. The largest absolute Gasteiger partial charge is 0.480 e. The Morgan fingerprint density at radius 1 is 1.02 bits per heavy atom. The van der Waals surface area contributed by atoms with E-state index in [-0.39, 0.29) is 42.2 Å². The summed E-state index contributed by atoms with van der Waals surface area (Å²) in [6.07, 6.45) is 10.5. The number of rotatable bonds is 8. The number of aromatic amines is 1. The zero-order valence-corrected chi connectivity index (χ0v) is 24.8. The number of ketones is 1. The summed E-state index contributed by atoms with van der Waals surface area (Å²) in [6.45, 7) is 4.74. The molecule has 8 nitrogen and oxygen atoms in total. The van der Waals surface area contributed by atoms with Crippen molar-refractivity contribution in [3.8, 4) is 0 Å². The number of aliphatic carboxylic acids is 1. The number of Topliss-reactive ketones (excluding diaryl/α,β-unsaturated/α-hetero) is 1. The molecule has 8 atom stereocenters. The molecule has 4 saturated carbocycles. The second-order valence-corrected chi connectivity index (χ2v) is 14.0. The van der Waals surface area contributed by atoms with Gasteiger partial charge in [-0.15, -0.1) is 0 Å². The van der Waals surface area contributed by atoms with Crippen LogP contribution in [0.4, 0.5) is 0 Å². The molecule has 4 aliphatic carbocycles. The molecular formula is C34H44N2O6. The summed E-state index contributed by atoms with van der Waals surface area (Å²) in [6, 6.07) is 6.55. The van der Waals surface area contributed by atoms with Crippen molar-refractivity contribution in [2.45, 2.75) is 103 Å². The predicted octanol–water partition coefficient (Wildman–Crippen LogP) is 5.58. The predicted molar refractivity (Wildman–Crippen MR) is 157 cm³/mol. The lowest BCUT2D eigenvalue weighted by Crippen LogP contribution is -2.54. The number of nitrogens with one attached hydrogen (secondary N) is 2. The summed E-state index contributed by atoms with van der Waals surface area (Å²) in [5.74, 6) is 0.785. The Hall–Kier alpha value is -3.16. The van der Waals surface area contributed by atoms with Crippen molar-refractivity contribution in [2.24, 2.45) is 34.5 Å². The van der Waals surface area contributed by atoms with E-state index in [0.717, 1.165) is 67.8 Å². The molecule has 4 fully saturated rings. The first-order valence-electron chi connectivity index (χ1n) is 15.9. The van der Waals surface area contributed by atoms with E-state index in [1.165, 1.54) is 6.42 Å². The van der Waals surface area contributed by atoms with Crippen LogP contribution in [-0.4, -0.2) is 45.9 Å². The van der Waals surface area contributed by atoms with E-state index in [1.807, 2.05) is 24.3 Å². The molecule has 8 heteroatoms. The molecule has 0 spiro atoms. The number of carboxylic acids is 1. The summed E-state index contributed by atoms with van der Waals surface area (Å²) in [5.41, 5.74) is 1.92. The molecule has 0 aliphatic heterocycles. The molecule has 226 valence electrons. The zero-order chi connectivity index (χ0) is 29.6. The van der Waals surface area contributed by atoms with Gasteiger partial charge >= 0.3 is 11.9 Å². The van der Waals surface area contributed by atoms with Gasteiger partial charge in [-0.3, -0.25) is 14.4 Å².